The van der Waals surface area contributed by atoms with Crippen molar-refractivity contribution in [2.24, 2.45) is 5.92 Å². The fourth-order valence-corrected chi connectivity index (χ4v) is 6.64. The molecule has 0 atom stereocenters. The van der Waals surface area contributed by atoms with E-state index in [2.05, 4.69) is 24.1 Å². The largest absolute Gasteiger partial charge is 0.335 e. The third-order valence-electron chi connectivity index (χ3n) is 6.22. The van der Waals surface area contributed by atoms with Crippen LogP contribution in [0, 0.1) is 5.92 Å². The van der Waals surface area contributed by atoms with E-state index >= 15 is 0 Å². The van der Waals surface area contributed by atoms with Gasteiger partial charge in [0.1, 0.15) is 0 Å². The van der Waals surface area contributed by atoms with E-state index in [0.29, 0.717) is 25.4 Å². The molecule has 0 aromatic heterocycles. The lowest BCUT2D eigenvalue weighted by Crippen LogP contribution is -2.50. The van der Waals surface area contributed by atoms with Crippen LogP contribution in [0.2, 0.25) is 0 Å². The summed E-state index contributed by atoms with van der Waals surface area (Å²) in [4.78, 5) is 16.8. The van der Waals surface area contributed by atoms with Crippen molar-refractivity contribution in [2.45, 2.75) is 63.2 Å². The van der Waals surface area contributed by atoms with Crippen LogP contribution in [-0.4, -0.2) is 73.5 Å². The first kappa shape index (κ1) is 19.0. The summed E-state index contributed by atoms with van der Waals surface area (Å²) in [5.41, 5.74) is 0. The second-order valence-electron chi connectivity index (χ2n) is 8.51. The maximum Gasteiger partial charge on any atom is 0.317 e. The number of likely N-dealkylation sites (tertiary alicyclic amines) is 1. The number of hydrogen-bond donors (Lipinski definition) is 1. The first-order chi connectivity index (χ1) is 11.8. The van der Waals surface area contributed by atoms with Gasteiger partial charge in [-0.3, -0.25) is 0 Å². The molecule has 0 radical (unpaired) electrons. The van der Waals surface area contributed by atoms with Crippen molar-refractivity contribution in [1.82, 2.24) is 15.1 Å². The highest BCUT2D eigenvalue weighted by molar-refractivity contribution is 7.92. The van der Waals surface area contributed by atoms with Crippen LogP contribution in [-0.2, 0) is 9.84 Å². The Hall–Kier alpha value is -0.820. The predicted octanol–water partition coefficient (Wildman–Crippen LogP) is 1.86. The van der Waals surface area contributed by atoms with E-state index in [1.165, 1.54) is 0 Å². The normalized spacial score (nSPS) is 27.1. The first-order valence-corrected chi connectivity index (χ1v) is 11.5. The van der Waals surface area contributed by atoms with E-state index in [1.807, 2.05) is 0 Å². The molecule has 0 bridgehead atoms. The van der Waals surface area contributed by atoms with Crippen LogP contribution >= 0.6 is 0 Å². The van der Waals surface area contributed by atoms with Crippen LogP contribution in [0.15, 0.2) is 0 Å². The molecule has 2 heterocycles. The lowest BCUT2D eigenvalue weighted by Gasteiger charge is -2.40. The molecule has 2 amide bonds. The van der Waals surface area contributed by atoms with E-state index in [9.17, 15) is 13.2 Å². The number of hydrogen-bond acceptors (Lipinski definition) is 4. The van der Waals surface area contributed by atoms with Crippen LogP contribution in [0.5, 0.6) is 0 Å². The van der Waals surface area contributed by atoms with Crippen molar-refractivity contribution >= 4 is 15.9 Å². The van der Waals surface area contributed by atoms with E-state index in [4.69, 9.17) is 0 Å². The molecule has 0 aromatic rings. The molecule has 144 valence electrons. The summed E-state index contributed by atoms with van der Waals surface area (Å²) in [5.74, 6) is 0.789. The summed E-state index contributed by atoms with van der Waals surface area (Å²) >= 11 is 0. The van der Waals surface area contributed by atoms with Gasteiger partial charge in [-0.25, -0.2) is 13.2 Å². The van der Waals surface area contributed by atoms with Crippen molar-refractivity contribution in [3.63, 3.8) is 0 Å². The highest BCUT2D eigenvalue weighted by Gasteiger charge is 2.49. The number of nitrogens with one attached hydrogen (secondary N) is 1. The number of amides is 2. The fraction of sp³-hybridized carbons (Fsp3) is 0.944. The molecule has 6 nitrogen and oxygen atoms in total. The number of piperidine rings is 1. The van der Waals surface area contributed by atoms with Gasteiger partial charge < -0.3 is 15.1 Å². The van der Waals surface area contributed by atoms with E-state index in [0.717, 1.165) is 51.7 Å². The van der Waals surface area contributed by atoms with Crippen LogP contribution in [0.1, 0.15) is 52.4 Å². The molecule has 0 unspecified atom stereocenters. The van der Waals surface area contributed by atoms with E-state index < -0.39 is 14.6 Å². The molecule has 2 saturated heterocycles. The summed E-state index contributed by atoms with van der Waals surface area (Å²) in [7, 11) is -3.07. The molecule has 0 aromatic carbocycles. The molecule has 1 aliphatic carbocycles. The van der Waals surface area contributed by atoms with Gasteiger partial charge in [-0.15, -0.1) is 0 Å². The van der Waals surface area contributed by atoms with Gasteiger partial charge in [0.2, 0.25) is 0 Å². The van der Waals surface area contributed by atoms with Crippen LogP contribution in [0.4, 0.5) is 4.79 Å². The van der Waals surface area contributed by atoms with Gasteiger partial charge in [0, 0.05) is 38.8 Å². The SMILES string of the molecule is CC(C)CN1CCC(NC(=O)N2CCC3(CCC3)S(=O)(=O)CC2)CC1. The Kier molecular flexibility index (Phi) is 5.63. The van der Waals surface area contributed by atoms with Crippen molar-refractivity contribution in [1.29, 1.82) is 0 Å². The average molecular weight is 372 g/mol. The summed E-state index contributed by atoms with van der Waals surface area (Å²) in [5, 5.41) is 3.15. The van der Waals surface area contributed by atoms with Gasteiger partial charge in [0.05, 0.1) is 10.5 Å². The molecule has 7 heteroatoms. The molecule has 1 spiro atoms. The number of nitrogens with zero attached hydrogens (tertiary/aromatic N) is 2. The molecule has 3 aliphatic rings. The van der Waals surface area contributed by atoms with Crippen molar-refractivity contribution in [2.75, 3.05) is 38.5 Å². The van der Waals surface area contributed by atoms with Crippen LogP contribution in [0.3, 0.4) is 0 Å². The quantitative estimate of drug-likeness (QED) is 0.822. The standard InChI is InChI=1S/C18H33N3O3S/c1-15(2)14-20-9-4-16(5-10-20)19-17(22)21-11-8-18(6-3-7-18)25(23,24)13-12-21/h15-16H,3-14H2,1-2H3,(H,19,22). The Morgan fingerprint density at radius 3 is 2.36 bits per heavy atom. The van der Waals surface area contributed by atoms with E-state index in [1.54, 1.807) is 4.90 Å². The number of carbonyl (C=O) groups is 1. The summed E-state index contributed by atoms with van der Waals surface area (Å²) in [6.45, 7) is 8.54. The summed E-state index contributed by atoms with van der Waals surface area (Å²) in [6.07, 6.45) is 5.12. The molecule has 1 saturated carbocycles. The maximum atomic E-state index is 12.6. The minimum Gasteiger partial charge on any atom is -0.335 e. The van der Waals surface area contributed by atoms with Gasteiger partial charge in [-0.1, -0.05) is 20.3 Å². The highest BCUT2D eigenvalue weighted by Crippen LogP contribution is 2.43. The molecular formula is C18H33N3O3S. The second kappa shape index (κ2) is 7.43. The zero-order valence-electron chi connectivity index (χ0n) is 15.7. The smallest absolute Gasteiger partial charge is 0.317 e. The third-order valence-corrected chi connectivity index (χ3v) is 8.87. The van der Waals surface area contributed by atoms with Crippen molar-refractivity contribution in [3.8, 4) is 0 Å². The third kappa shape index (κ3) is 4.13. The van der Waals surface area contributed by atoms with Gasteiger partial charge in [0.15, 0.2) is 9.84 Å². The minimum atomic E-state index is -3.07. The molecule has 2 aliphatic heterocycles. The lowest BCUT2D eigenvalue weighted by atomic mass is 9.81. The van der Waals surface area contributed by atoms with Gasteiger partial charge in [-0.2, -0.15) is 0 Å². The number of rotatable bonds is 3. The second-order valence-corrected chi connectivity index (χ2v) is 11.0. The molecule has 3 rings (SSSR count). The van der Waals surface area contributed by atoms with Crippen molar-refractivity contribution < 1.29 is 13.2 Å². The highest BCUT2D eigenvalue weighted by atomic mass is 32.2. The monoisotopic (exact) mass is 371 g/mol. The molecule has 25 heavy (non-hydrogen) atoms. The predicted molar refractivity (Wildman–Crippen MR) is 99.4 cm³/mol. The summed E-state index contributed by atoms with van der Waals surface area (Å²) < 4.78 is 24.5. The van der Waals surface area contributed by atoms with Gasteiger partial charge in [0.25, 0.3) is 0 Å². The number of carbonyl (C=O) groups excluding carboxylic acids is 1. The zero-order valence-corrected chi connectivity index (χ0v) is 16.5. The van der Waals surface area contributed by atoms with E-state index in [-0.39, 0.29) is 17.8 Å². The summed E-state index contributed by atoms with van der Waals surface area (Å²) in [6, 6.07) is 0.141. The zero-order chi connectivity index (χ0) is 18.1. The number of urea groups is 1. The Labute approximate surface area is 152 Å². The first-order valence-electron chi connectivity index (χ1n) is 9.81. The van der Waals surface area contributed by atoms with Gasteiger partial charge >= 0.3 is 6.03 Å². The topological polar surface area (TPSA) is 69.7 Å². The Balaban J connectivity index is 1.49. The molecule has 1 N–H and O–H groups in total. The lowest BCUT2D eigenvalue weighted by molar-refractivity contribution is 0.163. The fourth-order valence-electron chi connectivity index (χ4n) is 4.43. The molecule has 3 fully saturated rings. The number of sulfone groups is 1. The Morgan fingerprint density at radius 2 is 1.80 bits per heavy atom. The molecular weight excluding hydrogens is 338 g/mol. The van der Waals surface area contributed by atoms with Crippen LogP contribution in [0.25, 0.3) is 0 Å². The minimum absolute atomic E-state index is 0.0751. The average Bonchev–Trinajstić information content (AvgIpc) is 2.64. The Morgan fingerprint density at radius 1 is 1.12 bits per heavy atom. The van der Waals surface area contributed by atoms with Gasteiger partial charge in [-0.05, 0) is 38.0 Å². The Bertz CT molecular complexity index is 578. The maximum absolute atomic E-state index is 12.6. The van der Waals surface area contributed by atoms with Crippen LogP contribution < -0.4 is 5.32 Å². The van der Waals surface area contributed by atoms with Crippen molar-refractivity contribution in [3.05, 3.63) is 0 Å².